The molecule has 2 aromatic rings. The first-order valence-corrected chi connectivity index (χ1v) is 11.0. The third-order valence-electron chi connectivity index (χ3n) is 3.03. The van der Waals surface area contributed by atoms with E-state index < -0.39 is 8.24 Å². The summed E-state index contributed by atoms with van der Waals surface area (Å²) in [6, 6.07) is 13.3. The van der Waals surface area contributed by atoms with Crippen LogP contribution in [0.2, 0.25) is 13.1 Å². The Morgan fingerprint density at radius 3 is 1.83 bits per heavy atom. The summed E-state index contributed by atoms with van der Waals surface area (Å²) in [7, 11) is 5.45. The normalized spacial score (nSPS) is 10.9. The zero-order chi connectivity index (χ0) is 18.1. The molecule has 0 aromatic heterocycles. The van der Waals surface area contributed by atoms with E-state index in [0.29, 0.717) is 0 Å². The third kappa shape index (κ3) is 9.80. The van der Waals surface area contributed by atoms with Gasteiger partial charge < -0.3 is 15.6 Å². The maximum Gasteiger partial charge on any atom is 3.00 e. The van der Waals surface area contributed by atoms with Gasteiger partial charge in [0, 0.05) is 5.54 Å². The van der Waals surface area contributed by atoms with E-state index in [1.165, 1.54) is 16.0 Å². The van der Waals surface area contributed by atoms with Crippen LogP contribution in [0.5, 0.6) is 0 Å². The average molecular weight is 429 g/mol. The number of hydrogen-bond donors (Lipinski definition) is 1. The average Bonchev–Trinajstić information content (AvgIpc) is 2.82. The molecular weight excluding hydrogens is 394 g/mol. The molecule has 0 heterocycles. The van der Waals surface area contributed by atoms with E-state index in [1.807, 2.05) is 0 Å². The fourth-order valence-corrected chi connectivity index (χ4v) is 5.57. The Morgan fingerprint density at radius 2 is 1.42 bits per heavy atom. The van der Waals surface area contributed by atoms with E-state index in [2.05, 4.69) is 85.9 Å². The molecule has 2 aromatic carbocycles. The molecular formula is C19H34MoN3Si. The number of fused-ring (bicyclic) bond motifs is 1. The Kier molecular flexibility index (Phi) is 13.0. The molecule has 3 nitrogen and oxygen atoms in total. The number of benzene rings is 1. The summed E-state index contributed by atoms with van der Waals surface area (Å²) in [5.74, 6) is 0. The van der Waals surface area contributed by atoms with Gasteiger partial charge in [0.15, 0.2) is 0 Å². The van der Waals surface area contributed by atoms with Crippen LogP contribution in [0.3, 0.4) is 0 Å². The number of nitrogens with one attached hydrogen (secondary N) is 1. The van der Waals surface area contributed by atoms with Gasteiger partial charge in [0.25, 0.3) is 0 Å². The Morgan fingerprint density at radius 1 is 0.958 bits per heavy atom. The second-order valence-electron chi connectivity index (χ2n) is 7.27. The van der Waals surface area contributed by atoms with Crippen molar-refractivity contribution in [3.8, 4) is 0 Å². The van der Waals surface area contributed by atoms with Gasteiger partial charge in [-0.25, -0.2) is 0 Å². The van der Waals surface area contributed by atoms with Gasteiger partial charge in [0.2, 0.25) is 0 Å². The Balaban J connectivity index is 0. The first kappa shape index (κ1) is 25.9. The van der Waals surface area contributed by atoms with Crippen LogP contribution in [-0.2, 0) is 21.1 Å². The first-order valence-electron chi connectivity index (χ1n) is 8.02. The fraction of sp³-hybridized carbons (Fsp3) is 0.526. The molecule has 0 saturated heterocycles. The summed E-state index contributed by atoms with van der Waals surface area (Å²) in [6.07, 6.45) is 0. The Labute approximate surface area is 164 Å². The Hall–Kier alpha value is -0.385. The SMILES string of the molecule is CC(C)(C)N[Si](C)(C)c1cc2ccccc2[cH-]1.C[N-]C.C[N-]C.[Mo+3]. The van der Waals surface area contributed by atoms with Crippen LogP contribution in [0, 0.1) is 0 Å². The van der Waals surface area contributed by atoms with Crippen molar-refractivity contribution in [2.75, 3.05) is 28.2 Å². The zero-order valence-electron chi connectivity index (χ0n) is 16.8. The minimum atomic E-state index is -1.55. The van der Waals surface area contributed by atoms with Crippen LogP contribution in [0.15, 0.2) is 36.4 Å². The predicted molar refractivity (Wildman–Crippen MR) is 110 cm³/mol. The van der Waals surface area contributed by atoms with E-state index in [1.54, 1.807) is 28.2 Å². The van der Waals surface area contributed by atoms with Gasteiger partial charge in [0.1, 0.15) is 8.24 Å². The van der Waals surface area contributed by atoms with Crippen LogP contribution >= 0.6 is 0 Å². The number of hydrogen-bond acceptors (Lipinski definition) is 1. The molecule has 1 N–H and O–H groups in total. The monoisotopic (exact) mass is 430 g/mol. The van der Waals surface area contributed by atoms with Gasteiger partial charge in [-0.2, -0.15) is 39.6 Å². The van der Waals surface area contributed by atoms with Crippen LogP contribution in [0.4, 0.5) is 0 Å². The predicted octanol–water partition coefficient (Wildman–Crippen LogP) is 4.60. The first-order chi connectivity index (χ1) is 10.6. The third-order valence-corrected chi connectivity index (χ3v) is 6.13. The van der Waals surface area contributed by atoms with Crippen molar-refractivity contribution in [2.45, 2.75) is 39.4 Å². The van der Waals surface area contributed by atoms with Crippen LogP contribution in [-0.4, -0.2) is 42.0 Å². The van der Waals surface area contributed by atoms with Gasteiger partial charge in [0.05, 0.1) is 0 Å². The molecule has 0 spiro atoms. The number of rotatable bonds is 2. The van der Waals surface area contributed by atoms with Gasteiger partial charge in [-0.15, -0.1) is 34.8 Å². The minimum Gasteiger partial charge on any atom is -0.668 e. The fourth-order valence-electron chi connectivity index (χ4n) is 2.52. The van der Waals surface area contributed by atoms with Crippen molar-refractivity contribution >= 4 is 24.2 Å². The van der Waals surface area contributed by atoms with Crippen molar-refractivity contribution in [1.82, 2.24) is 4.98 Å². The summed E-state index contributed by atoms with van der Waals surface area (Å²) in [5, 5.41) is 11.2. The quantitative estimate of drug-likeness (QED) is 0.551. The summed E-state index contributed by atoms with van der Waals surface area (Å²) in [5.41, 5.74) is 0.180. The van der Waals surface area contributed by atoms with E-state index in [4.69, 9.17) is 0 Å². The molecule has 2 rings (SSSR count). The minimum absolute atomic E-state index is 0. The van der Waals surface area contributed by atoms with Crippen LogP contribution in [0.1, 0.15) is 20.8 Å². The van der Waals surface area contributed by atoms with Crippen LogP contribution in [0.25, 0.3) is 21.4 Å². The van der Waals surface area contributed by atoms with Gasteiger partial charge >= 0.3 is 21.1 Å². The molecule has 0 aliphatic heterocycles. The molecule has 0 aliphatic carbocycles. The molecule has 1 radical (unpaired) electrons. The number of nitrogens with zero attached hydrogens (tertiary/aromatic N) is 2. The molecule has 0 fully saturated rings. The largest absolute Gasteiger partial charge is 3.00 e. The molecule has 0 unspecified atom stereocenters. The molecule has 0 saturated carbocycles. The molecule has 135 valence electrons. The maximum atomic E-state index is 3.81. The smallest absolute Gasteiger partial charge is 0.668 e. The summed E-state index contributed by atoms with van der Waals surface area (Å²) in [4.78, 5) is 3.81. The van der Waals surface area contributed by atoms with E-state index >= 15 is 0 Å². The second kappa shape index (κ2) is 12.0. The van der Waals surface area contributed by atoms with Gasteiger partial charge in [-0.1, -0.05) is 19.2 Å². The van der Waals surface area contributed by atoms with Crippen molar-refractivity contribution in [3.63, 3.8) is 0 Å². The Bertz CT molecular complexity index is 524. The van der Waals surface area contributed by atoms with E-state index in [9.17, 15) is 0 Å². The molecule has 5 heteroatoms. The standard InChI is InChI=1S/C15H22NSi.2C2H6N.Mo/c1-15(2,3)16-17(4,5)14-10-12-8-6-7-9-13(12)11-14;2*1-3-2;/h6-11,16H,1-5H3;2*1-2H3;/q3*-1;+3. The molecule has 0 aliphatic rings. The van der Waals surface area contributed by atoms with Gasteiger partial charge in [-0.3, -0.25) is 0 Å². The summed E-state index contributed by atoms with van der Waals surface area (Å²) in [6.45, 7) is 11.5. The van der Waals surface area contributed by atoms with Crippen LogP contribution < -0.4 is 10.2 Å². The molecule has 0 bridgehead atoms. The summed E-state index contributed by atoms with van der Waals surface area (Å²) < 4.78 is 0. The van der Waals surface area contributed by atoms with E-state index in [-0.39, 0.29) is 26.6 Å². The summed E-state index contributed by atoms with van der Waals surface area (Å²) >= 11 is 0. The van der Waals surface area contributed by atoms with Crippen molar-refractivity contribution in [2.24, 2.45) is 0 Å². The zero-order valence-corrected chi connectivity index (χ0v) is 19.8. The maximum absolute atomic E-state index is 3.81. The molecule has 0 amide bonds. The second-order valence-corrected chi connectivity index (χ2v) is 11.3. The van der Waals surface area contributed by atoms with Crippen molar-refractivity contribution < 1.29 is 21.1 Å². The van der Waals surface area contributed by atoms with E-state index in [0.717, 1.165) is 0 Å². The topological polar surface area (TPSA) is 40.2 Å². The molecule has 24 heavy (non-hydrogen) atoms. The van der Waals surface area contributed by atoms with Crippen molar-refractivity contribution in [1.29, 1.82) is 0 Å². The van der Waals surface area contributed by atoms with Gasteiger partial charge in [-0.05, 0) is 20.8 Å². The van der Waals surface area contributed by atoms with Crippen molar-refractivity contribution in [3.05, 3.63) is 47.0 Å². The molecule has 0 atom stereocenters.